The molecule has 4 aromatic rings. The predicted molar refractivity (Wildman–Crippen MR) is 129 cm³/mol. The number of nitrogens with zero attached hydrogens (tertiary/aromatic N) is 2. The van der Waals surface area contributed by atoms with Crippen LogP contribution in [-0.2, 0) is 16.7 Å². The van der Waals surface area contributed by atoms with Crippen LogP contribution in [0.25, 0.3) is 27.1 Å². The van der Waals surface area contributed by atoms with Crippen LogP contribution >= 0.6 is 23.1 Å². The molecule has 32 heavy (non-hydrogen) atoms. The lowest BCUT2D eigenvalue weighted by Gasteiger charge is -2.13. The molecule has 9 heteroatoms. The summed E-state index contributed by atoms with van der Waals surface area (Å²) in [4.78, 5) is 3.22. The maximum absolute atomic E-state index is 11.4. The molecule has 0 aliphatic carbocycles. The highest BCUT2D eigenvalue weighted by Gasteiger charge is 2.27. The van der Waals surface area contributed by atoms with Crippen molar-refractivity contribution in [2.24, 2.45) is 0 Å². The zero-order valence-electron chi connectivity index (χ0n) is 17.4. The summed E-state index contributed by atoms with van der Waals surface area (Å²) in [6.07, 6.45) is 2.06. The SMILES string of the molecule is COc1ccc2c(c1)N(C)C(=Cc1sc3ccc4ccccc4c3[n+]1CCS(=O)(=O)[O-])S2. The van der Waals surface area contributed by atoms with Crippen LogP contribution in [0.2, 0.25) is 0 Å². The van der Waals surface area contributed by atoms with Crippen LogP contribution in [0.5, 0.6) is 5.75 Å². The Morgan fingerprint density at radius 3 is 2.75 bits per heavy atom. The molecule has 2 heterocycles. The van der Waals surface area contributed by atoms with Crippen molar-refractivity contribution in [2.45, 2.75) is 11.4 Å². The fraction of sp³-hybridized carbons (Fsp3) is 0.174. The van der Waals surface area contributed by atoms with E-state index in [9.17, 15) is 13.0 Å². The summed E-state index contributed by atoms with van der Waals surface area (Å²) in [7, 11) is -0.698. The van der Waals surface area contributed by atoms with E-state index < -0.39 is 15.9 Å². The Hall–Kier alpha value is -2.59. The number of ether oxygens (including phenoxy) is 1. The predicted octanol–water partition coefficient (Wildman–Crippen LogP) is 4.44. The van der Waals surface area contributed by atoms with Crippen molar-refractivity contribution in [3.63, 3.8) is 0 Å². The third kappa shape index (κ3) is 3.86. The molecule has 0 unspecified atom stereocenters. The molecule has 0 bridgehead atoms. The number of thiazole rings is 1. The number of aromatic nitrogens is 1. The van der Waals surface area contributed by atoms with E-state index in [1.807, 2.05) is 54.1 Å². The minimum Gasteiger partial charge on any atom is -0.748 e. The number of anilines is 1. The number of hydrogen-bond donors (Lipinski definition) is 0. The third-order valence-corrected chi connectivity index (χ3v) is 8.44. The molecule has 0 radical (unpaired) electrons. The molecule has 0 fully saturated rings. The summed E-state index contributed by atoms with van der Waals surface area (Å²) in [6, 6.07) is 18.1. The molecule has 0 amide bonds. The number of fused-ring (bicyclic) bond motifs is 4. The fourth-order valence-corrected chi connectivity index (χ4v) is 6.60. The summed E-state index contributed by atoms with van der Waals surface area (Å²) in [6.45, 7) is 0.105. The number of methoxy groups -OCH3 is 1. The highest BCUT2D eigenvalue weighted by Crippen LogP contribution is 2.47. The van der Waals surface area contributed by atoms with E-state index in [1.165, 1.54) is 0 Å². The molecule has 1 aliphatic rings. The van der Waals surface area contributed by atoms with E-state index in [4.69, 9.17) is 4.74 Å². The second-order valence-electron chi connectivity index (χ2n) is 7.46. The average molecular weight is 485 g/mol. The minimum atomic E-state index is -4.34. The first-order chi connectivity index (χ1) is 15.3. The molecule has 164 valence electrons. The zero-order chi connectivity index (χ0) is 22.5. The summed E-state index contributed by atoms with van der Waals surface area (Å²) >= 11 is 3.24. The highest BCUT2D eigenvalue weighted by molar-refractivity contribution is 8.03. The molecule has 3 aromatic carbocycles. The second kappa shape index (κ2) is 8.08. The van der Waals surface area contributed by atoms with Crippen molar-refractivity contribution in [2.75, 3.05) is 24.8 Å². The zero-order valence-corrected chi connectivity index (χ0v) is 19.9. The molecule has 5 rings (SSSR count). The van der Waals surface area contributed by atoms with Crippen LogP contribution < -0.4 is 14.2 Å². The molecule has 0 spiro atoms. The Kier molecular flexibility index (Phi) is 5.37. The lowest BCUT2D eigenvalue weighted by Crippen LogP contribution is -2.38. The molecule has 0 atom stereocenters. The minimum absolute atomic E-state index is 0.105. The fourth-order valence-electron chi connectivity index (χ4n) is 3.91. The average Bonchev–Trinajstić information content (AvgIpc) is 3.29. The Morgan fingerprint density at radius 2 is 1.97 bits per heavy atom. The Labute approximate surface area is 194 Å². The summed E-state index contributed by atoms with van der Waals surface area (Å²) in [5, 5.41) is 4.02. The van der Waals surface area contributed by atoms with Gasteiger partial charge in [-0.05, 0) is 29.7 Å². The summed E-state index contributed by atoms with van der Waals surface area (Å²) < 4.78 is 42.7. The van der Waals surface area contributed by atoms with E-state index in [2.05, 4.69) is 23.1 Å². The van der Waals surface area contributed by atoms with Crippen molar-refractivity contribution in [1.82, 2.24) is 0 Å². The van der Waals surface area contributed by atoms with Gasteiger partial charge in [0.05, 0.1) is 35.0 Å². The first-order valence-corrected chi connectivity index (χ1v) is 13.1. The van der Waals surface area contributed by atoms with E-state index in [-0.39, 0.29) is 6.54 Å². The maximum Gasteiger partial charge on any atom is 0.265 e. The van der Waals surface area contributed by atoms with Gasteiger partial charge in [-0.25, -0.2) is 8.42 Å². The molecular formula is C23H20N2O4S3. The summed E-state index contributed by atoms with van der Waals surface area (Å²) in [5.41, 5.74) is 2.01. The molecule has 0 saturated carbocycles. The molecule has 1 aromatic heterocycles. The monoisotopic (exact) mass is 484 g/mol. The van der Waals surface area contributed by atoms with Gasteiger partial charge in [0.1, 0.15) is 20.6 Å². The number of benzene rings is 3. The number of hydrogen-bond acceptors (Lipinski definition) is 7. The second-order valence-corrected chi connectivity index (χ2v) is 11.1. The van der Waals surface area contributed by atoms with E-state index in [0.717, 1.165) is 47.4 Å². The smallest absolute Gasteiger partial charge is 0.265 e. The molecule has 0 saturated heterocycles. The standard InChI is InChI=1S/C23H20N2O4S3/c1-24-18-13-16(29-2)8-10-19(18)30-21(24)14-22-25(11-12-32(26,27)28)23-17-6-4-3-5-15(17)7-9-20(23)31-22/h3-10,13-14H,11-12H2,1-2H3. The molecule has 6 nitrogen and oxygen atoms in total. The van der Waals surface area contributed by atoms with Crippen LogP contribution in [0.1, 0.15) is 5.01 Å². The van der Waals surface area contributed by atoms with Gasteiger partial charge in [-0.3, -0.25) is 0 Å². The Bertz CT molecular complexity index is 1490. The van der Waals surface area contributed by atoms with Crippen LogP contribution in [0.4, 0.5) is 5.69 Å². The van der Waals surface area contributed by atoms with Crippen molar-refractivity contribution in [1.29, 1.82) is 0 Å². The van der Waals surface area contributed by atoms with Gasteiger partial charge in [-0.2, -0.15) is 4.57 Å². The Balaban J connectivity index is 1.66. The quantitative estimate of drug-likeness (QED) is 0.308. The highest BCUT2D eigenvalue weighted by atomic mass is 32.2. The van der Waals surface area contributed by atoms with Crippen LogP contribution in [0.15, 0.2) is 64.5 Å². The van der Waals surface area contributed by atoms with E-state index in [1.54, 1.807) is 30.2 Å². The van der Waals surface area contributed by atoms with Gasteiger partial charge in [0.25, 0.3) is 5.01 Å². The molecule has 1 aliphatic heterocycles. The van der Waals surface area contributed by atoms with Gasteiger partial charge >= 0.3 is 0 Å². The van der Waals surface area contributed by atoms with Crippen LogP contribution in [0, 0.1) is 0 Å². The van der Waals surface area contributed by atoms with Gasteiger partial charge in [0.15, 0.2) is 6.54 Å². The van der Waals surface area contributed by atoms with E-state index in [0.29, 0.717) is 0 Å². The van der Waals surface area contributed by atoms with Gasteiger partial charge in [-0.1, -0.05) is 47.4 Å². The molecule has 0 N–H and O–H groups in total. The van der Waals surface area contributed by atoms with Crippen molar-refractivity contribution in [3.8, 4) is 5.75 Å². The number of rotatable bonds is 5. The normalized spacial score (nSPS) is 15.1. The van der Waals surface area contributed by atoms with Gasteiger partial charge in [0, 0.05) is 18.0 Å². The summed E-state index contributed by atoms with van der Waals surface area (Å²) in [5.74, 6) is 0.338. The number of thioether (sulfide) groups is 1. The van der Waals surface area contributed by atoms with Gasteiger partial charge in [0.2, 0.25) is 5.52 Å². The number of aryl methyl sites for hydroxylation is 1. The lowest BCUT2D eigenvalue weighted by atomic mass is 10.1. The largest absolute Gasteiger partial charge is 0.748 e. The Morgan fingerprint density at radius 1 is 1.16 bits per heavy atom. The topological polar surface area (TPSA) is 73.5 Å². The van der Waals surface area contributed by atoms with Crippen molar-refractivity contribution in [3.05, 3.63) is 64.6 Å². The first-order valence-electron chi connectivity index (χ1n) is 9.93. The molecular weight excluding hydrogens is 464 g/mol. The van der Waals surface area contributed by atoms with Crippen LogP contribution in [0.3, 0.4) is 0 Å². The maximum atomic E-state index is 11.4. The van der Waals surface area contributed by atoms with E-state index >= 15 is 0 Å². The third-order valence-electron chi connectivity index (χ3n) is 5.50. The lowest BCUT2D eigenvalue weighted by molar-refractivity contribution is -0.663. The van der Waals surface area contributed by atoms with Gasteiger partial charge in [-0.15, -0.1) is 0 Å². The van der Waals surface area contributed by atoms with Crippen molar-refractivity contribution < 1.29 is 22.3 Å². The van der Waals surface area contributed by atoms with Crippen molar-refractivity contribution >= 4 is 66.0 Å². The van der Waals surface area contributed by atoms with Crippen LogP contribution in [-0.4, -0.2) is 32.9 Å². The first kappa shape index (κ1) is 21.3. The van der Waals surface area contributed by atoms with Gasteiger partial charge < -0.3 is 14.2 Å².